The molecule has 1 aromatic carbocycles. The maximum atomic E-state index is 11.9. The third kappa shape index (κ3) is 4.24. The average Bonchev–Trinajstić information content (AvgIpc) is 2.26. The van der Waals surface area contributed by atoms with Crippen LogP contribution < -0.4 is 10.0 Å². The molecule has 100 valence electrons. The summed E-state index contributed by atoms with van der Waals surface area (Å²) in [6, 6.07) is 4.40. The summed E-state index contributed by atoms with van der Waals surface area (Å²) in [5.74, 6) is -0.394. The second kappa shape index (κ2) is 6.51. The van der Waals surface area contributed by atoms with E-state index in [-0.39, 0.29) is 16.5 Å². The monoisotopic (exact) mass is 354 g/mol. The van der Waals surface area contributed by atoms with E-state index in [9.17, 15) is 13.2 Å². The second-order valence-electron chi connectivity index (χ2n) is 3.35. The summed E-state index contributed by atoms with van der Waals surface area (Å²) in [4.78, 5) is 11.1. The van der Waals surface area contributed by atoms with Gasteiger partial charge in [-0.2, -0.15) is 0 Å². The fraction of sp³-hybridized carbons (Fsp3) is 0.300. The van der Waals surface area contributed by atoms with Crippen LogP contribution in [0.4, 0.5) is 0 Å². The Kier molecular flexibility index (Phi) is 5.58. The van der Waals surface area contributed by atoms with Gasteiger partial charge in [0.2, 0.25) is 15.9 Å². The van der Waals surface area contributed by atoms with Gasteiger partial charge in [-0.05, 0) is 25.1 Å². The summed E-state index contributed by atoms with van der Waals surface area (Å²) in [7, 11) is -3.78. The molecule has 0 saturated carbocycles. The van der Waals surface area contributed by atoms with Crippen LogP contribution >= 0.6 is 27.5 Å². The molecular formula is C10H12BrClN2O3S. The topological polar surface area (TPSA) is 75.3 Å². The number of rotatable bonds is 5. The molecule has 18 heavy (non-hydrogen) atoms. The normalized spacial score (nSPS) is 11.3. The van der Waals surface area contributed by atoms with E-state index in [0.717, 1.165) is 0 Å². The molecule has 0 bridgehead atoms. The van der Waals surface area contributed by atoms with Crippen LogP contribution in [0.5, 0.6) is 0 Å². The first-order valence-corrected chi connectivity index (χ1v) is 7.73. The smallest absolute Gasteiger partial charge is 0.242 e. The molecule has 0 fully saturated rings. The quantitative estimate of drug-likeness (QED) is 0.841. The van der Waals surface area contributed by atoms with Crippen molar-refractivity contribution in [1.29, 1.82) is 0 Å². The molecule has 1 amide bonds. The minimum absolute atomic E-state index is 0.0586. The van der Waals surface area contributed by atoms with Gasteiger partial charge in [0.1, 0.15) is 4.90 Å². The third-order valence-corrected chi connectivity index (χ3v) is 4.36. The van der Waals surface area contributed by atoms with Crippen LogP contribution in [0, 0.1) is 0 Å². The van der Waals surface area contributed by atoms with Crippen LogP contribution in [0.1, 0.15) is 6.92 Å². The zero-order valence-corrected chi connectivity index (χ0v) is 12.7. The van der Waals surface area contributed by atoms with Gasteiger partial charge in [-0.3, -0.25) is 4.79 Å². The van der Waals surface area contributed by atoms with Crippen molar-refractivity contribution < 1.29 is 13.2 Å². The zero-order chi connectivity index (χ0) is 13.8. The molecule has 0 spiro atoms. The molecule has 8 heteroatoms. The van der Waals surface area contributed by atoms with Crippen LogP contribution in [0.25, 0.3) is 0 Å². The molecule has 5 nitrogen and oxygen atoms in total. The molecule has 0 aliphatic carbocycles. The summed E-state index contributed by atoms with van der Waals surface area (Å²) >= 11 is 9.02. The van der Waals surface area contributed by atoms with Gasteiger partial charge >= 0.3 is 0 Å². The number of likely N-dealkylation sites (N-methyl/N-ethyl adjacent to an activating group) is 1. The first-order valence-electron chi connectivity index (χ1n) is 5.08. The van der Waals surface area contributed by atoms with E-state index in [1.807, 2.05) is 0 Å². The Morgan fingerprint density at radius 2 is 2.11 bits per heavy atom. The minimum atomic E-state index is -3.78. The summed E-state index contributed by atoms with van der Waals surface area (Å²) in [6.07, 6.45) is 0. The number of halogens is 2. The van der Waals surface area contributed by atoms with E-state index in [2.05, 4.69) is 26.0 Å². The maximum absolute atomic E-state index is 11.9. The maximum Gasteiger partial charge on any atom is 0.242 e. The molecule has 0 aliphatic heterocycles. The number of carbonyl (C=O) groups is 1. The first-order chi connectivity index (χ1) is 8.36. The molecular weight excluding hydrogens is 344 g/mol. The standard InChI is InChI=1S/C10H12BrClN2O3S/c1-2-13-10(15)6-14-18(16,17)9-4-3-7(11)5-8(9)12/h3-5,14H,2,6H2,1H3,(H,13,15). The van der Waals surface area contributed by atoms with Gasteiger partial charge in [0.05, 0.1) is 11.6 Å². The summed E-state index contributed by atoms with van der Waals surface area (Å²) in [5, 5.41) is 2.58. The first kappa shape index (κ1) is 15.4. The Bertz CT molecular complexity index is 548. The van der Waals surface area contributed by atoms with Crippen molar-refractivity contribution in [3.8, 4) is 0 Å². The van der Waals surface area contributed by atoms with E-state index in [1.165, 1.54) is 12.1 Å². The minimum Gasteiger partial charge on any atom is -0.355 e. The number of amides is 1. The predicted molar refractivity (Wildman–Crippen MR) is 73.0 cm³/mol. The van der Waals surface area contributed by atoms with Gasteiger partial charge in [0, 0.05) is 11.0 Å². The van der Waals surface area contributed by atoms with Crippen molar-refractivity contribution in [2.45, 2.75) is 11.8 Å². The average molecular weight is 356 g/mol. The van der Waals surface area contributed by atoms with Crippen molar-refractivity contribution >= 4 is 43.5 Å². The number of nitrogens with one attached hydrogen (secondary N) is 2. The van der Waals surface area contributed by atoms with Crippen LogP contribution in [-0.2, 0) is 14.8 Å². The van der Waals surface area contributed by atoms with Crippen molar-refractivity contribution in [3.05, 3.63) is 27.7 Å². The van der Waals surface area contributed by atoms with Crippen LogP contribution in [0.3, 0.4) is 0 Å². The number of benzene rings is 1. The van der Waals surface area contributed by atoms with Gasteiger partial charge in [-0.1, -0.05) is 27.5 Å². The predicted octanol–water partition coefficient (Wildman–Crippen LogP) is 1.52. The van der Waals surface area contributed by atoms with Crippen molar-refractivity contribution in [2.75, 3.05) is 13.1 Å². The summed E-state index contributed by atoms with van der Waals surface area (Å²) < 4.78 is 26.6. The van der Waals surface area contributed by atoms with E-state index < -0.39 is 15.9 Å². The van der Waals surface area contributed by atoms with Gasteiger partial charge < -0.3 is 5.32 Å². The van der Waals surface area contributed by atoms with Crippen LogP contribution in [0.2, 0.25) is 5.02 Å². The van der Waals surface area contributed by atoms with Gasteiger partial charge in [0.25, 0.3) is 0 Å². The molecule has 0 heterocycles. The van der Waals surface area contributed by atoms with Gasteiger partial charge in [0.15, 0.2) is 0 Å². The second-order valence-corrected chi connectivity index (χ2v) is 6.41. The van der Waals surface area contributed by atoms with Crippen molar-refractivity contribution in [2.24, 2.45) is 0 Å². The summed E-state index contributed by atoms with van der Waals surface area (Å²) in [6.45, 7) is 1.88. The Hall–Kier alpha value is -0.630. The highest BCUT2D eigenvalue weighted by Crippen LogP contribution is 2.24. The lowest BCUT2D eigenvalue weighted by atomic mass is 10.4. The fourth-order valence-electron chi connectivity index (χ4n) is 1.19. The Labute approximate surface area is 119 Å². The lowest BCUT2D eigenvalue weighted by Gasteiger charge is -2.08. The van der Waals surface area contributed by atoms with E-state index in [4.69, 9.17) is 11.6 Å². The van der Waals surface area contributed by atoms with Crippen LogP contribution in [-0.4, -0.2) is 27.4 Å². The molecule has 0 atom stereocenters. The molecule has 0 unspecified atom stereocenters. The van der Waals surface area contributed by atoms with Crippen LogP contribution in [0.15, 0.2) is 27.6 Å². The van der Waals surface area contributed by atoms with Crippen molar-refractivity contribution in [1.82, 2.24) is 10.0 Å². The van der Waals surface area contributed by atoms with E-state index in [0.29, 0.717) is 11.0 Å². The number of hydrogen-bond acceptors (Lipinski definition) is 3. The molecule has 1 rings (SSSR count). The van der Waals surface area contributed by atoms with Crippen molar-refractivity contribution in [3.63, 3.8) is 0 Å². The SMILES string of the molecule is CCNC(=O)CNS(=O)(=O)c1ccc(Br)cc1Cl. The molecule has 0 radical (unpaired) electrons. The Morgan fingerprint density at radius 3 is 2.67 bits per heavy atom. The molecule has 0 aliphatic rings. The lowest BCUT2D eigenvalue weighted by molar-refractivity contribution is -0.119. The molecule has 1 aromatic rings. The van der Waals surface area contributed by atoms with Gasteiger partial charge in [-0.25, -0.2) is 13.1 Å². The number of carbonyl (C=O) groups excluding carboxylic acids is 1. The fourth-order valence-corrected chi connectivity index (χ4v) is 3.21. The largest absolute Gasteiger partial charge is 0.355 e. The van der Waals surface area contributed by atoms with Gasteiger partial charge in [-0.15, -0.1) is 0 Å². The van der Waals surface area contributed by atoms with E-state index in [1.54, 1.807) is 13.0 Å². The lowest BCUT2D eigenvalue weighted by Crippen LogP contribution is -2.36. The highest BCUT2D eigenvalue weighted by atomic mass is 79.9. The Balaban J connectivity index is 2.83. The van der Waals surface area contributed by atoms with E-state index >= 15 is 0 Å². The summed E-state index contributed by atoms with van der Waals surface area (Å²) in [5.41, 5.74) is 0. The molecule has 0 aromatic heterocycles. The highest BCUT2D eigenvalue weighted by molar-refractivity contribution is 9.10. The third-order valence-electron chi connectivity index (χ3n) is 1.98. The zero-order valence-electron chi connectivity index (χ0n) is 9.54. The number of sulfonamides is 1. The highest BCUT2D eigenvalue weighted by Gasteiger charge is 2.18. The molecule has 0 saturated heterocycles. The number of hydrogen-bond donors (Lipinski definition) is 2. The Morgan fingerprint density at radius 1 is 1.44 bits per heavy atom. The molecule has 2 N–H and O–H groups in total.